The third-order valence-corrected chi connectivity index (χ3v) is 4.81. The summed E-state index contributed by atoms with van der Waals surface area (Å²) in [6.45, 7) is 12.7. The van der Waals surface area contributed by atoms with Crippen molar-refractivity contribution in [2.24, 2.45) is 23.2 Å². The van der Waals surface area contributed by atoms with Crippen LogP contribution in [0.15, 0.2) is 0 Å². The van der Waals surface area contributed by atoms with Crippen LogP contribution >= 0.6 is 0 Å². The molecular formula is C17H29N3. The first-order valence-corrected chi connectivity index (χ1v) is 7.86. The molecule has 0 aliphatic heterocycles. The molecule has 0 spiro atoms. The highest BCUT2D eigenvalue weighted by Gasteiger charge is 2.38. The van der Waals surface area contributed by atoms with Crippen molar-refractivity contribution in [3.8, 4) is 12.1 Å². The zero-order valence-corrected chi connectivity index (χ0v) is 13.7. The fourth-order valence-corrected chi connectivity index (χ4v) is 3.38. The van der Waals surface area contributed by atoms with Gasteiger partial charge in [0.25, 0.3) is 0 Å². The van der Waals surface area contributed by atoms with Gasteiger partial charge in [0.2, 0.25) is 0 Å². The van der Waals surface area contributed by atoms with Gasteiger partial charge in [0, 0.05) is 12.6 Å². The lowest BCUT2D eigenvalue weighted by atomic mass is 9.67. The van der Waals surface area contributed by atoms with Gasteiger partial charge >= 0.3 is 0 Å². The molecule has 112 valence electrons. The Balaban J connectivity index is 2.85. The van der Waals surface area contributed by atoms with Crippen LogP contribution in [-0.4, -0.2) is 24.0 Å². The van der Waals surface area contributed by atoms with Crippen LogP contribution in [0, 0.1) is 45.8 Å². The molecule has 0 aromatic heterocycles. The number of rotatable bonds is 4. The lowest BCUT2D eigenvalue weighted by Crippen LogP contribution is -2.47. The molecule has 1 aliphatic carbocycles. The van der Waals surface area contributed by atoms with E-state index in [-0.39, 0.29) is 11.8 Å². The minimum absolute atomic E-state index is 0.0318. The van der Waals surface area contributed by atoms with E-state index in [1.807, 2.05) is 6.92 Å². The van der Waals surface area contributed by atoms with Crippen molar-refractivity contribution in [3.05, 3.63) is 0 Å². The molecule has 3 heteroatoms. The van der Waals surface area contributed by atoms with Crippen molar-refractivity contribution in [1.29, 1.82) is 10.5 Å². The summed E-state index contributed by atoms with van der Waals surface area (Å²) >= 11 is 0. The minimum atomic E-state index is 0.0318. The summed E-state index contributed by atoms with van der Waals surface area (Å²) in [5.74, 6) is 0.826. The third kappa shape index (κ3) is 4.22. The minimum Gasteiger partial charge on any atom is -0.298 e. The SMILES string of the molecule is CCN(CC(C)C#N)C1CC(C(C)(C)C)CCC1C#N. The van der Waals surface area contributed by atoms with Crippen LogP contribution in [0.2, 0.25) is 0 Å². The van der Waals surface area contributed by atoms with Gasteiger partial charge in [-0.1, -0.05) is 27.7 Å². The van der Waals surface area contributed by atoms with Crippen molar-refractivity contribution in [2.75, 3.05) is 13.1 Å². The summed E-state index contributed by atoms with van der Waals surface area (Å²) in [6.07, 6.45) is 3.25. The molecule has 0 aromatic carbocycles. The lowest BCUT2D eigenvalue weighted by Gasteiger charge is -2.44. The van der Waals surface area contributed by atoms with Crippen LogP contribution in [0.4, 0.5) is 0 Å². The van der Waals surface area contributed by atoms with Gasteiger partial charge in [0.05, 0.1) is 24.0 Å². The number of hydrogen-bond acceptors (Lipinski definition) is 3. The number of nitrogens with zero attached hydrogens (tertiary/aromatic N) is 3. The monoisotopic (exact) mass is 275 g/mol. The smallest absolute Gasteiger partial charge is 0.0672 e. The Hall–Kier alpha value is -1.06. The van der Waals surface area contributed by atoms with Crippen molar-refractivity contribution in [3.63, 3.8) is 0 Å². The largest absolute Gasteiger partial charge is 0.298 e. The Bertz CT molecular complexity index is 383. The Morgan fingerprint density at radius 3 is 2.35 bits per heavy atom. The van der Waals surface area contributed by atoms with E-state index >= 15 is 0 Å². The normalized spacial score (nSPS) is 28.7. The zero-order valence-electron chi connectivity index (χ0n) is 13.7. The lowest BCUT2D eigenvalue weighted by molar-refractivity contribution is 0.0590. The molecule has 1 aliphatic rings. The molecule has 0 amide bonds. The molecule has 1 rings (SSSR count). The number of hydrogen-bond donors (Lipinski definition) is 0. The summed E-state index contributed by atoms with van der Waals surface area (Å²) in [4.78, 5) is 2.36. The molecule has 20 heavy (non-hydrogen) atoms. The topological polar surface area (TPSA) is 50.8 Å². The summed E-state index contributed by atoms with van der Waals surface area (Å²) in [5.41, 5.74) is 0.304. The predicted molar refractivity (Wildman–Crippen MR) is 81.7 cm³/mol. The van der Waals surface area contributed by atoms with Crippen LogP contribution < -0.4 is 0 Å². The van der Waals surface area contributed by atoms with Crippen molar-refractivity contribution in [2.45, 2.75) is 59.9 Å². The molecule has 0 saturated heterocycles. The molecule has 0 heterocycles. The van der Waals surface area contributed by atoms with Gasteiger partial charge in [-0.3, -0.25) is 4.90 Å². The van der Waals surface area contributed by atoms with Gasteiger partial charge in [-0.2, -0.15) is 10.5 Å². The first kappa shape index (κ1) is 17.0. The van der Waals surface area contributed by atoms with E-state index in [0.717, 1.165) is 32.4 Å². The van der Waals surface area contributed by atoms with E-state index < -0.39 is 0 Å². The van der Waals surface area contributed by atoms with Gasteiger partial charge < -0.3 is 0 Å². The summed E-state index contributed by atoms with van der Waals surface area (Å²) in [7, 11) is 0. The maximum Gasteiger partial charge on any atom is 0.0672 e. The molecule has 0 bridgehead atoms. The molecular weight excluding hydrogens is 246 g/mol. The fourth-order valence-electron chi connectivity index (χ4n) is 3.38. The summed E-state index contributed by atoms with van der Waals surface area (Å²) in [6, 6.07) is 5.14. The highest BCUT2D eigenvalue weighted by atomic mass is 15.2. The summed E-state index contributed by atoms with van der Waals surface area (Å²) < 4.78 is 0. The first-order valence-electron chi connectivity index (χ1n) is 7.86. The van der Waals surface area contributed by atoms with Gasteiger partial charge in [-0.25, -0.2) is 0 Å². The predicted octanol–water partition coefficient (Wildman–Crippen LogP) is 3.82. The highest BCUT2D eigenvalue weighted by molar-refractivity contribution is 5.00. The summed E-state index contributed by atoms with van der Waals surface area (Å²) in [5, 5.41) is 18.5. The quantitative estimate of drug-likeness (QED) is 0.783. The molecule has 1 fully saturated rings. The second-order valence-electron chi connectivity index (χ2n) is 7.30. The maximum absolute atomic E-state index is 9.44. The zero-order chi connectivity index (χ0) is 15.3. The van der Waals surface area contributed by atoms with E-state index in [0.29, 0.717) is 17.4 Å². The van der Waals surface area contributed by atoms with Crippen LogP contribution in [0.25, 0.3) is 0 Å². The van der Waals surface area contributed by atoms with Crippen LogP contribution in [0.1, 0.15) is 53.9 Å². The molecule has 0 N–H and O–H groups in total. The van der Waals surface area contributed by atoms with E-state index in [9.17, 15) is 5.26 Å². The van der Waals surface area contributed by atoms with Crippen molar-refractivity contribution >= 4 is 0 Å². The fraction of sp³-hybridized carbons (Fsp3) is 0.882. The van der Waals surface area contributed by atoms with Gasteiger partial charge in [0.1, 0.15) is 0 Å². The van der Waals surface area contributed by atoms with Gasteiger partial charge in [-0.15, -0.1) is 0 Å². The van der Waals surface area contributed by atoms with E-state index in [2.05, 4.69) is 44.7 Å². The molecule has 4 unspecified atom stereocenters. The van der Waals surface area contributed by atoms with E-state index in [1.165, 1.54) is 0 Å². The van der Waals surface area contributed by atoms with Crippen molar-refractivity contribution < 1.29 is 0 Å². The average molecular weight is 275 g/mol. The number of nitriles is 2. The Labute approximate surface area is 124 Å². The standard InChI is InChI=1S/C17H29N3/c1-6-20(12-13(2)10-18)16-9-15(17(3,4)5)8-7-14(16)11-19/h13-16H,6-9,12H2,1-5H3. The maximum atomic E-state index is 9.44. The molecule has 3 nitrogen and oxygen atoms in total. The Morgan fingerprint density at radius 1 is 1.25 bits per heavy atom. The van der Waals surface area contributed by atoms with Gasteiger partial charge in [-0.05, 0) is 44.1 Å². The first-order chi connectivity index (χ1) is 9.33. The average Bonchev–Trinajstić information content (AvgIpc) is 2.42. The molecule has 0 aromatic rings. The molecule has 0 radical (unpaired) electrons. The van der Waals surface area contributed by atoms with Crippen molar-refractivity contribution in [1.82, 2.24) is 4.90 Å². The van der Waals surface area contributed by atoms with E-state index in [4.69, 9.17) is 5.26 Å². The van der Waals surface area contributed by atoms with Crippen LogP contribution in [-0.2, 0) is 0 Å². The Kier molecular flexibility index (Phi) is 6.03. The second-order valence-corrected chi connectivity index (χ2v) is 7.30. The molecule has 1 saturated carbocycles. The van der Waals surface area contributed by atoms with Crippen LogP contribution in [0.5, 0.6) is 0 Å². The molecule has 4 atom stereocenters. The van der Waals surface area contributed by atoms with Crippen LogP contribution in [0.3, 0.4) is 0 Å². The highest BCUT2D eigenvalue weighted by Crippen LogP contribution is 2.41. The van der Waals surface area contributed by atoms with E-state index in [1.54, 1.807) is 0 Å². The third-order valence-electron chi connectivity index (χ3n) is 4.81. The Morgan fingerprint density at radius 2 is 1.90 bits per heavy atom. The second kappa shape index (κ2) is 7.09. The van der Waals surface area contributed by atoms with Gasteiger partial charge in [0.15, 0.2) is 0 Å².